The van der Waals surface area contributed by atoms with Gasteiger partial charge in [0.25, 0.3) is 0 Å². The van der Waals surface area contributed by atoms with Crippen LogP contribution in [0.4, 0.5) is 13.2 Å². The van der Waals surface area contributed by atoms with Gasteiger partial charge in [-0.1, -0.05) is 6.07 Å². The third-order valence-corrected chi connectivity index (χ3v) is 3.19. The van der Waals surface area contributed by atoms with Crippen LogP contribution in [0, 0.1) is 17.5 Å². The number of hydrogen-bond donors (Lipinski definition) is 1. The van der Waals surface area contributed by atoms with E-state index < -0.39 is 23.1 Å². The number of hydrogen-bond acceptors (Lipinski definition) is 2. The first-order valence-corrected chi connectivity index (χ1v) is 6.41. The molecule has 4 nitrogen and oxygen atoms in total. The lowest BCUT2D eigenvalue weighted by Gasteiger charge is -2.06. The second-order valence-electron chi connectivity index (χ2n) is 4.67. The molecule has 1 N–H and O–H groups in total. The Morgan fingerprint density at radius 3 is 2.36 bits per heavy atom. The van der Waals surface area contributed by atoms with Crippen LogP contribution in [0.25, 0.3) is 5.69 Å². The number of benzene rings is 2. The third-order valence-electron chi connectivity index (χ3n) is 3.19. The van der Waals surface area contributed by atoms with Gasteiger partial charge < -0.3 is 0 Å². The molecule has 3 rings (SSSR count). The standard InChI is InChI=1S/C15H10F3N3O/c16-10-3-5-12(6-4-10)21-14(19-20-15(21)22)7-9-1-2-11(17)8-13(9)18/h1-6,8H,7H2,(H,20,22). The van der Waals surface area contributed by atoms with Gasteiger partial charge >= 0.3 is 5.69 Å². The summed E-state index contributed by atoms with van der Waals surface area (Å²) in [6, 6.07) is 8.42. The predicted octanol–water partition coefficient (Wildman–Crippen LogP) is 2.57. The second kappa shape index (κ2) is 5.51. The molecular weight excluding hydrogens is 295 g/mol. The van der Waals surface area contributed by atoms with Crippen LogP contribution in [0.1, 0.15) is 11.4 Å². The average molecular weight is 305 g/mol. The number of aromatic amines is 1. The van der Waals surface area contributed by atoms with Gasteiger partial charge in [0, 0.05) is 12.5 Å². The molecule has 0 fully saturated rings. The van der Waals surface area contributed by atoms with Crippen molar-refractivity contribution in [3.05, 3.63) is 81.8 Å². The molecule has 0 bridgehead atoms. The highest BCUT2D eigenvalue weighted by Crippen LogP contribution is 2.15. The van der Waals surface area contributed by atoms with Crippen molar-refractivity contribution in [3.63, 3.8) is 0 Å². The van der Waals surface area contributed by atoms with Crippen molar-refractivity contribution in [1.82, 2.24) is 14.8 Å². The maximum Gasteiger partial charge on any atom is 0.347 e. The van der Waals surface area contributed by atoms with Crippen LogP contribution in [0.3, 0.4) is 0 Å². The minimum absolute atomic E-state index is 0.0117. The quantitative estimate of drug-likeness (QED) is 0.808. The summed E-state index contributed by atoms with van der Waals surface area (Å²) in [6.07, 6.45) is -0.0117. The van der Waals surface area contributed by atoms with E-state index in [1.54, 1.807) is 0 Å². The smallest absolute Gasteiger partial charge is 0.247 e. The Hall–Kier alpha value is -2.83. The second-order valence-corrected chi connectivity index (χ2v) is 4.67. The molecule has 0 saturated heterocycles. The van der Waals surface area contributed by atoms with E-state index in [-0.39, 0.29) is 17.8 Å². The van der Waals surface area contributed by atoms with E-state index in [0.29, 0.717) is 5.69 Å². The van der Waals surface area contributed by atoms with Crippen LogP contribution in [-0.2, 0) is 6.42 Å². The molecule has 0 saturated carbocycles. The summed E-state index contributed by atoms with van der Waals surface area (Å²) in [5.41, 5.74) is 0.0746. The zero-order chi connectivity index (χ0) is 15.7. The summed E-state index contributed by atoms with van der Waals surface area (Å²) >= 11 is 0. The van der Waals surface area contributed by atoms with Crippen molar-refractivity contribution < 1.29 is 13.2 Å². The monoisotopic (exact) mass is 305 g/mol. The fourth-order valence-electron chi connectivity index (χ4n) is 2.14. The summed E-state index contributed by atoms with van der Waals surface area (Å²) in [4.78, 5) is 11.9. The van der Waals surface area contributed by atoms with E-state index in [1.807, 2.05) is 0 Å². The molecule has 2 aromatic carbocycles. The van der Waals surface area contributed by atoms with Crippen molar-refractivity contribution in [3.8, 4) is 5.69 Å². The first-order valence-electron chi connectivity index (χ1n) is 6.41. The zero-order valence-electron chi connectivity index (χ0n) is 11.2. The van der Waals surface area contributed by atoms with Crippen molar-refractivity contribution in [2.75, 3.05) is 0 Å². The molecule has 0 aliphatic carbocycles. The Labute approximate surface area is 122 Å². The van der Waals surface area contributed by atoms with Gasteiger partial charge in [-0.3, -0.25) is 0 Å². The van der Waals surface area contributed by atoms with E-state index in [2.05, 4.69) is 10.2 Å². The van der Waals surface area contributed by atoms with Gasteiger partial charge in [0.1, 0.15) is 23.3 Å². The van der Waals surface area contributed by atoms with Crippen molar-refractivity contribution in [1.29, 1.82) is 0 Å². The summed E-state index contributed by atoms with van der Waals surface area (Å²) < 4.78 is 40.8. The molecule has 0 atom stereocenters. The molecule has 112 valence electrons. The lowest BCUT2D eigenvalue weighted by atomic mass is 10.1. The lowest BCUT2D eigenvalue weighted by Crippen LogP contribution is -2.17. The van der Waals surface area contributed by atoms with Crippen LogP contribution in [0.2, 0.25) is 0 Å². The minimum atomic E-state index is -0.721. The third kappa shape index (κ3) is 2.65. The van der Waals surface area contributed by atoms with E-state index in [4.69, 9.17) is 0 Å². The number of halogens is 3. The topological polar surface area (TPSA) is 50.7 Å². The molecule has 0 unspecified atom stereocenters. The van der Waals surface area contributed by atoms with Crippen LogP contribution in [-0.4, -0.2) is 14.8 Å². The zero-order valence-corrected chi connectivity index (χ0v) is 11.2. The fraction of sp³-hybridized carbons (Fsp3) is 0.0667. The van der Waals surface area contributed by atoms with Crippen molar-refractivity contribution in [2.45, 2.75) is 6.42 Å². The molecule has 0 amide bonds. The highest BCUT2D eigenvalue weighted by atomic mass is 19.1. The molecular formula is C15H10F3N3O. The van der Waals surface area contributed by atoms with Gasteiger partial charge in [0.05, 0.1) is 5.69 Å². The first kappa shape index (κ1) is 14.1. The van der Waals surface area contributed by atoms with Gasteiger partial charge in [0.15, 0.2) is 0 Å². The van der Waals surface area contributed by atoms with Crippen molar-refractivity contribution >= 4 is 0 Å². The highest BCUT2D eigenvalue weighted by molar-refractivity contribution is 5.34. The molecule has 0 spiro atoms. The lowest BCUT2D eigenvalue weighted by molar-refractivity contribution is 0.573. The number of H-pyrrole nitrogens is 1. The Kier molecular flexibility index (Phi) is 3.54. The molecule has 0 aliphatic rings. The molecule has 1 aromatic heterocycles. The molecule has 3 aromatic rings. The van der Waals surface area contributed by atoms with Gasteiger partial charge in [-0.2, -0.15) is 5.10 Å². The Balaban J connectivity index is 2.02. The predicted molar refractivity (Wildman–Crippen MR) is 73.3 cm³/mol. The number of rotatable bonds is 3. The average Bonchev–Trinajstić information content (AvgIpc) is 2.84. The minimum Gasteiger partial charge on any atom is -0.247 e. The van der Waals surface area contributed by atoms with E-state index in [1.165, 1.54) is 34.9 Å². The Morgan fingerprint density at radius 1 is 1.00 bits per heavy atom. The van der Waals surface area contributed by atoms with Crippen LogP contribution >= 0.6 is 0 Å². The van der Waals surface area contributed by atoms with E-state index in [9.17, 15) is 18.0 Å². The molecule has 0 aliphatic heterocycles. The van der Waals surface area contributed by atoms with Gasteiger partial charge in [-0.05, 0) is 35.9 Å². The van der Waals surface area contributed by atoms with Gasteiger partial charge in [-0.15, -0.1) is 0 Å². The summed E-state index contributed by atoms with van der Waals surface area (Å²) in [5.74, 6) is -1.60. The maximum absolute atomic E-state index is 13.7. The van der Waals surface area contributed by atoms with Gasteiger partial charge in [0.2, 0.25) is 0 Å². The molecule has 22 heavy (non-hydrogen) atoms. The van der Waals surface area contributed by atoms with Crippen molar-refractivity contribution in [2.24, 2.45) is 0 Å². The maximum atomic E-state index is 13.7. The van der Waals surface area contributed by atoms with Gasteiger partial charge in [-0.25, -0.2) is 27.6 Å². The largest absolute Gasteiger partial charge is 0.347 e. The normalized spacial score (nSPS) is 10.9. The Bertz CT molecular complexity index is 868. The fourth-order valence-corrected chi connectivity index (χ4v) is 2.14. The summed E-state index contributed by atoms with van der Waals surface area (Å²) in [7, 11) is 0. The molecule has 0 radical (unpaired) electrons. The molecule has 1 heterocycles. The summed E-state index contributed by atoms with van der Waals surface area (Å²) in [6.45, 7) is 0. The highest BCUT2D eigenvalue weighted by Gasteiger charge is 2.13. The number of nitrogens with zero attached hydrogens (tertiary/aromatic N) is 2. The Morgan fingerprint density at radius 2 is 1.68 bits per heavy atom. The number of nitrogens with one attached hydrogen (secondary N) is 1. The summed E-state index contributed by atoms with van der Waals surface area (Å²) in [5, 5.41) is 6.11. The SMILES string of the molecule is O=c1[nH]nc(Cc2ccc(F)cc2F)n1-c1ccc(F)cc1. The van der Waals surface area contributed by atoms with Crippen LogP contribution < -0.4 is 5.69 Å². The van der Waals surface area contributed by atoms with Crippen LogP contribution in [0.5, 0.6) is 0 Å². The number of aromatic nitrogens is 3. The molecule has 7 heteroatoms. The van der Waals surface area contributed by atoms with E-state index in [0.717, 1.165) is 12.1 Å². The first-order chi connectivity index (χ1) is 10.5. The van der Waals surface area contributed by atoms with E-state index >= 15 is 0 Å². The van der Waals surface area contributed by atoms with Crippen LogP contribution in [0.15, 0.2) is 47.3 Å².